The van der Waals surface area contributed by atoms with Gasteiger partial charge in [-0.15, -0.1) is 0 Å². The first-order valence-corrected chi connectivity index (χ1v) is 6.53. The molecule has 2 aliphatic rings. The molecule has 0 amide bonds. The van der Waals surface area contributed by atoms with Crippen molar-refractivity contribution in [3.05, 3.63) is 30.1 Å². The Kier molecular flexibility index (Phi) is 2.99. The monoisotopic (exact) mass is 250 g/mol. The highest BCUT2D eigenvalue weighted by atomic mass is 19.1. The van der Waals surface area contributed by atoms with Gasteiger partial charge in [-0.1, -0.05) is 6.07 Å². The van der Waals surface area contributed by atoms with Crippen molar-refractivity contribution in [2.75, 3.05) is 31.6 Å². The van der Waals surface area contributed by atoms with Crippen LogP contribution in [-0.2, 0) is 4.74 Å². The van der Waals surface area contributed by atoms with Crippen molar-refractivity contribution < 1.29 is 9.13 Å². The fourth-order valence-electron chi connectivity index (χ4n) is 3.33. The van der Waals surface area contributed by atoms with Crippen LogP contribution in [-0.4, -0.2) is 38.4 Å². The minimum atomic E-state index is -0.169. The zero-order chi connectivity index (χ0) is 12.6. The van der Waals surface area contributed by atoms with E-state index in [1.54, 1.807) is 19.2 Å². The van der Waals surface area contributed by atoms with E-state index in [1.807, 2.05) is 6.07 Å². The van der Waals surface area contributed by atoms with Crippen LogP contribution in [0.15, 0.2) is 24.3 Å². The zero-order valence-corrected chi connectivity index (χ0v) is 10.7. The molecule has 0 aliphatic carbocycles. The summed E-state index contributed by atoms with van der Waals surface area (Å²) in [6.07, 6.45) is 2.38. The second-order valence-electron chi connectivity index (χ2n) is 5.17. The molecule has 3 nitrogen and oxygen atoms in total. The van der Waals surface area contributed by atoms with E-state index in [4.69, 9.17) is 4.74 Å². The van der Waals surface area contributed by atoms with Crippen molar-refractivity contribution in [1.82, 2.24) is 5.32 Å². The molecule has 0 bridgehead atoms. The summed E-state index contributed by atoms with van der Waals surface area (Å²) >= 11 is 0. The van der Waals surface area contributed by atoms with E-state index in [1.165, 1.54) is 6.07 Å². The summed E-state index contributed by atoms with van der Waals surface area (Å²) in [6, 6.07) is 6.88. The number of piperidine rings is 1. The molecule has 3 rings (SSSR count). The average Bonchev–Trinajstić information content (AvgIpc) is 2.39. The zero-order valence-electron chi connectivity index (χ0n) is 10.7. The number of hydrogen-bond donors (Lipinski definition) is 1. The highest BCUT2D eigenvalue weighted by molar-refractivity contribution is 5.54. The second-order valence-corrected chi connectivity index (χ2v) is 5.17. The molecule has 98 valence electrons. The maximum absolute atomic E-state index is 13.4. The van der Waals surface area contributed by atoms with Gasteiger partial charge in [-0.05, 0) is 44.1 Å². The third-order valence-corrected chi connectivity index (χ3v) is 4.36. The predicted molar refractivity (Wildman–Crippen MR) is 69.4 cm³/mol. The van der Waals surface area contributed by atoms with Crippen LogP contribution >= 0.6 is 0 Å². The lowest BCUT2D eigenvalue weighted by atomic mass is 9.73. The maximum Gasteiger partial charge on any atom is 0.125 e. The van der Waals surface area contributed by atoms with Crippen molar-refractivity contribution in [2.45, 2.75) is 24.5 Å². The van der Waals surface area contributed by atoms with Crippen molar-refractivity contribution in [3.8, 4) is 0 Å². The summed E-state index contributed by atoms with van der Waals surface area (Å²) in [4.78, 5) is 2.31. The molecule has 1 aromatic rings. The molecule has 1 spiro atoms. The number of nitrogens with one attached hydrogen (secondary N) is 1. The summed E-state index contributed by atoms with van der Waals surface area (Å²) in [6.45, 7) is 2.87. The van der Waals surface area contributed by atoms with Crippen LogP contribution in [0.3, 0.4) is 0 Å². The Morgan fingerprint density at radius 3 is 2.83 bits per heavy atom. The smallest absolute Gasteiger partial charge is 0.125 e. The maximum atomic E-state index is 13.4. The van der Waals surface area contributed by atoms with Crippen LogP contribution in [0.5, 0.6) is 0 Å². The second kappa shape index (κ2) is 4.52. The molecule has 4 heteroatoms. The van der Waals surface area contributed by atoms with Crippen LogP contribution < -0.4 is 10.2 Å². The van der Waals surface area contributed by atoms with Gasteiger partial charge >= 0.3 is 0 Å². The molecule has 0 unspecified atom stereocenters. The summed E-state index contributed by atoms with van der Waals surface area (Å²) in [5.74, 6) is -0.169. The highest BCUT2D eigenvalue weighted by Crippen LogP contribution is 2.43. The van der Waals surface area contributed by atoms with E-state index in [2.05, 4.69) is 10.2 Å². The molecule has 18 heavy (non-hydrogen) atoms. The van der Waals surface area contributed by atoms with Crippen LogP contribution in [0, 0.1) is 5.82 Å². The molecule has 2 heterocycles. The fraction of sp³-hybridized carbons (Fsp3) is 0.571. The van der Waals surface area contributed by atoms with E-state index in [9.17, 15) is 4.39 Å². The van der Waals surface area contributed by atoms with Gasteiger partial charge in [0.1, 0.15) is 5.82 Å². The SMILES string of the molecule is CO[C@H]1CN(c2cccc(F)c2)C12CCNCC2. The third kappa shape index (κ3) is 1.71. The van der Waals surface area contributed by atoms with E-state index in [0.29, 0.717) is 0 Å². The molecule has 1 N–H and O–H groups in total. The van der Waals surface area contributed by atoms with Gasteiger partial charge in [0.2, 0.25) is 0 Å². The standard InChI is InChI=1S/C14H19FN2O/c1-18-13-10-17(12-4-2-3-11(15)9-12)14(13)5-7-16-8-6-14/h2-4,9,13,16H,5-8,10H2,1H3/t13-/m0/s1. The first kappa shape index (κ1) is 11.9. The van der Waals surface area contributed by atoms with Crippen LogP contribution in [0.4, 0.5) is 10.1 Å². The molecule has 2 saturated heterocycles. The summed E-state index contributed by atoms with van der Waals surface area (Å²) in [5, 5.41) is 3.38. The van der Waals surface area contributed by atoms with Gasteiger partial charge < -0.3 is 15.0 Å². The molecule has 1 atom stereocenters. The minimum absolute atomic E-state index is 0.0633. The molecule has 1 aromatic carbocycles. The Balaban J connectivity index is 1.88. The van der Waals surface area contributed by atoms with E-state index < -0.39 is 0 Å². The molecule has 0 aromatic heterocycles. The van der Waals surface area contributed by atoms with Crippen molar-refractivity contribution >= 4 is 5.69 Å². The molecule has 2 fully saturated rings. The van der Waals surface area contributed by atoms with E-state index in [0.717, 1.165) is 38.2 Å². The number of ether oxygens (including phenoxy) is 1. The van der Waals surface area contributed by atoms with Crippen molar-refractivity contribution in [3.63, 3.8) is 0 Å². The van der Waals surface area contributed by atoms with Gasteiger partial charge in [0, 0.05) is 19.3 Å². The van der Waals surface area contributed by atoms with Crippen molar-refractivity contribution in [1.29, 1.82) is 0 Å². The molecular weight excluding hydrogens is 231 g/mol. The lowest BCUT2D eigenvalue weighted by Gasteiger charge is -2.61. The van der Waals surface area contributed by atoms with E-state index in [-0.39, 0.29) is 17.5 Å². The Labute approximate surface area is 107 Å². The van der Waals surface area contributed by atoms with Crippen molar-refractivity contribution in [2.24, 2.45) is 0 Å². The van der Waals surface area contributed by atoms with E-state index >= 15 is 0 Å². The highest BCUT2D eigenvalue weighted by Gasteiger charge is 2.54. The van der Waals surface area contributed by atoms with Gasteiger partial charge in [-0.3, -0.25) is 0 Å². The number of methoxy groups -OCH3 is 1. The molecule has 2 aliphatic heterocycles. The van der Waals surface area contributed by atoms with Gasteiger partial charge in [0.05, 0.1) is 11.6 Å². The molecule has 0 saturated carbocycles. The summed E-state index contributed by atoms with van der Waals surface area (Å²) in [7, 11) is 1.78. The van der Waals surface area contributed by atoms with Gasteiger partial charge in [0.25, 0.3) is 0 Å². The Morgan fingerprint density at radius 1 is 1.39 bits per heavy atom. The van der Waals surface area contributed by atoms with Crippen LogP contribution in [0.1, 0.15) is 12.8 Å². The third-order valence-electron chi connectivity index (χ3n) is 4.36. The summed E-state index contributed by atoms with van der Waals surface area (Å²) < 4.78 is 19.0. The quantitative estimate of drug-likeness (QED) is 0.866. The predicted octanol–water partition coefficient (Wildman–Crippen LogP) is 1.78. The van der Waals surface area contributed by atoms with Gasteiger partial charge in [-0.25, -0.2) is 4.39 Å². The minimum Gasteiger partial charge on any atom is -0.377 e. The number of anilines is 1. The topological polar surface area (TPSA) is 24.5 Å². The number of rotatable bonds is 2. The molecular formula is C14H19FN2O. The first-order valence-electron chi connectivity index (χ1n) is 6.53. The number of nitrogens with zero attached hydrogens (tertiary/aromatic N) is 1. The number of benzene rings is 1. The first-order chi connectivity index (χ1) is 8.76. The number of halogens is 1. The van der Waals surface area contributed by atoms with Crippen LogP contribution in [0.2, 0.25) is 0 Å². The largest absolute Gasteiger partial charge is 0.377 e. The average molecular weight is 250 g/mol. The Bertz CT molecular complexity index is 432. The summed E-state index contributed by atoms with van der Waals surface area (Å²) in [5.41, 5.74) is 1.04. The van der Waals surface area contributed by atoms with Crippen LogP contribution in [0.25, 0.3) is 0 Å². The Hall–Kier alpha value is -1.13. The van der Waals surface area contributed by atoms with Gasteiger partial charge in [0.15, 0.2) is 0 Å². The lowest BCUT2D eigenvalue weighted by Crippen LogP contribution is -2.74. The van der Waals surface area contributed by atoms with Gasteiger partial charge in [-0.2, -0.15) is 0 Å². The normalized spacial score (nSPS) is 26.1. The number of hydrogen-bond acceptors (Lipinski definition) is 3. The Morgan fingerprint density at radius 2 is 2.17 bits per heavy atom. The fourth-order valence-corrected chi connectivity index (χ4v) is 3.33. The molecule has 0 radical (unpaired) electrons. The lowest BCUT2D eigenvalue weighted by molar-refractivity contribution is -0.0310.